The van der Waals surface area contributed by atoms with Crippen molar-refractivity contribution in [3.05, 3.63) is 64.8 Å². The lowest BCUT2D eigenvalue weighted by Gasteiger charge is -2.17. The topological polar surface area (TPSA) is 54.5 Å². The van der Waals surface area contributed by atoms with E-state index in [-0.39, 0.29) is 5.97 Å². The first-order valence-electron chi connectivity index (χ1n) is 9.16. The molecule has 1 atom stereocenters. The molecule has 2 heterocycles. The zero-order chi connectivity index (χ0) is 19.1. The van der Waals surface area contributed by atoms with Crippen molar-refractivity contribution in [1.82, 2.24) is 9.88 Å². The molecule has 0 radical (unpaired) electrons. The van der Waals surface area contributed by atoms with Crippen molar-refractivity contribution < 1.29 is 9.53 Å². The van der Waals surface area contributed by atoms with Gasteiger partial charge in [-0.3, -0.25) is 4.90 Å². The summed E-state index contributed by atoms with van der Waals surface area (Å²) < 4.78 is 4.86. The van der Waals surface area contributed by atoms with Crippen LogP contribution in [0.15, 0.2) is 48.7 Å². The zero-order valence-electron chi connectivity index (χ0n) is 15.4. The lowest BCUT2D eigenvalue weighted by Crippen LogP contribution is -2.26. The molecular weight excluding hydrogens is 362 g/mol. The Kier molecular flexibility index (Phi) is 6.85. The quantitative estimate of drug-likeness (QED) is 0.576. The number of likely N-dealkylation sites (tertiary alicyclic amines) is 1. The van der Waals surface area contributed by atoms with Gasteiger partial charge < -0.3 is 10.1 Å². The standard InChI is InChI=1S/C21H24ClN3O2/c1-2-27-21(26)10-6-16-5-9-20(23-13-16)24-19-11-12-25(15-19)14-17-3-7-18(22)8-4-17/h3-10,13,19H,2,11-12,14-15H2,1H3,(H,23,24)/t19-/m1/s1. The van der Waals surface area contributed by atoms with Crippen molar-refractivity contribution in [3.63, 3.8) is 0 Å². The number of carbonyl (C=O) groups excluding carboxylic acids is 1. The normalized spacial score (nSPS) is 17.3. The van der Waals surface area contributed by atoms with Crippen LogP contribution in [-0.2, 0) is 16.1 Å². The minimum absolute atomic E-state index is 0.341. The number of anilines is 1. The average Bonchev–Trinajstić information content (AvgIpc) is 3.10. The molecule has 1 aliphatic heterocycles. The molecule has 5 nitrogen and oxygen atoms in total. The number of ether oxygens (including phenoxy) is 1. The Labute approximate surface area is 165 Å². The molecule has 0 bridgehead atoms. The van der Waals surface area contributed by atoms with E-state index in [1.165, 1.54) is 11.6 Å². The molecule has 6 heteroatoms. The predicted molar refractivity (Wildman–Crippen MR) is 109 cm³/mol. The number of hydrogen-bond donors (Lipinski definition) is 1. The summed E-state index contributed by atoms with van der Waals surface area (Å²) in [6, 6.07) is 12.3. The first kappa shape index (κ1) is 19.4. The van der Waals surface area contributed by atoms with Crippen molar-refractivity contribution in [2.24, 2.45) is 0 Å². The molecule has 1 aromatic heterocycles. The van der Waals surface area contributed by atoms with E-state index in [4.69, 9.17) is 16.3 Å². The summed E-state index contributed by atoms with van der Waals surface area (Å²) in [5.41, 5.74) is 2.14. The number of esters is 1. The van der Waals surface area contributed by atoms with Gasteiger partial charge in [-0.15, -0.1) is 0 Å². The van der Waals surface area contributed by atoms with E-state index in [2.05, 4.69) is 27.3 Å². The van der Waals surface area contributed by atoms with Crippen LogP contribution in [0, 0.1) is 0 Å². The first-order chi connectivity index (χ1) is 13.1. The van der Waals surface area contributed by atoms with E-state index >= 15 is 0 Å². The van der Waals surface area contributed by atoms with E-state index < -0.39 is 0 Å². The maximum absolute atomic E-state index is 11.3. The first-order valence-corrected chi connectivity index (χ1v) is 9.54. The van der Waals surface area contributed by atoms with E-state index in [0.717, 1.165) is 42.5 Å². The lowest BCUT2D eigenvalue weighted by atomic mass is 10.2. The zero-order valence-corrected chi connectivity index (χ0v) is 16.2. The minimum atomic E-state index is -0.341. The third kappa shape index (κ3) is 6.08. The number of nitrogens with zero attached hydrogens (tertiary/aromatic N) is 2. The van der Waals surface area contributed by atoms with Crippen molar-refractivity contribution in [3.8, 4) is 0 Å². The summed E-state index contributed by atoms with van der Waals surface area (Å²) in [5.74, 6) is 0.507. The number of rotatable bonds is 7. The molecule has 0 saturated carbocycles. The fourth-order valence-electron chi connectivity index (χ4n) is 3.10. The number of benzene rings is 1. The molecule has 0 aliphatic carbocycles. The van der Waals surface area contributed by atoms with Crippen LogP contribution in [0.5, 0.6) is 0 Å². The number of nitrogens with one attached hydrogen (secondary N) is 1. The second kappa shape index (κ2) is 9.53. The molecule has 0 unspecified atom stereocenters. The van der Waals surface area contributed by atoms with Crippen molar-refractivity contribution in [1.29, 1.82) is 0 Å². The van der Waals surface area contributed by atoms with Crippen LogP contribution >= 0.6 is 11.6 Å². The van der Waals surface area contributed by atoms with Gasteiger partial charge in [-0.25, -0.2) is 9.78 Å². The molecule has 1 aliphatic rings. The summed E-state index contributed by atoms with van der Waals surface area (Å²) >= 11 is 5.94. The van der Waals surface area contributed by atoms with Gasteiger partial charge in [0.1, 0.15) is 5.82 Å². The maximum atomic E-state index is 11.3. The van der Waals surface area contributed by atoms with E-state index in [9.17, 15) is 4.79 Å². The Morgan fingerprint density at radius 1 is 1.33 bits per heavy atom. The molecule has 2 aromatic rings. The van der Waals surface area contributed by atoms with Gasteiger partial charge >= 0.3 is 5.97 Å². The van der Waals surface area contributed by atoms with Crippen LogP contribution in [0.25, 0.3) is 6.08 Å². The highest BCUT2D eigenvalue weighted by Gasteiger charge is 2.22. The summed E-state index contributed by atoms with van der Waals surface area (Å²) in [4.78, 5) is 18.2. The average molecular weight is 386 g/mol. The second-order valence-corrected chi connectivity index (χ2v) is 6.99. The van der Waals surface area contributed by atoms with Crippen LogP contribution < -0.4 is 5.32 Å². The lowest BCUT2D eigenvalue weighted by molar-refractivity contribution is -0.137. The van der Waals surface area contributed by atoms with Crippen molar-refractivity contribution >= 4 is 29.5 Å². The summed E-state index contributed by atoms with van der Waals surface area (Å²) in [5, 5.41) is 4.26. The smallest absolute Gasteiger partial charge is 0.330 e. The van der Waals surface area contributed by atoms with Crippen LogP contribution in [-0.4, -0.2) is 41.6 Å². The number of pyridine rings is 1. The molecule has 0 spiro atoms. The van der Waals surface area contributed by atoms with Gasteiger partial charge in [-0.1, -0.05) is 23.7 Å². The summed E-state index contributed by atoms with van der Waals surface area (Å²) in [6.07, 6.45) is 5.95. The third-order valence-electron chi connectivity index (χ3n) is 4.43. The number of aromatic nitrogens is 1. The SMILES string of the molecule is CCOC(=O)C=Cc1ccc(N[C@@H]2CCN(Cc3ccc(Cl)cc3)C2)nc1. The molecule has 1 fully saturated rings. The molecule has 1 N–H and O–H groups in total. The number of carbonyl (C=O) groups is 1. The van der Waals surface area contributed by atoms with Crippen LogP contribution in [0.3, 0.4) is 0 Å². The molecule has 3 rings (SSSR count). The molecule has 142 valence electrons. The Bertz CT molecular complexity index is 775. The molecule has 1 aromatic carbocycles. The fraction of sp³-hybridized carbons (Fsp3) is 0.333. The van der Waals surface area contributed by atoms with Crippen LogP contribution in [0.4, 0.5) is 5.82 Å². The van der Waals surface area contributed by atoms with Gasteiger partial charge in [-0.05, 0) is 54.8 Å². The Balaban J connectivity index is 1.48. The van der Waals surface area contributed by atoms with Gasteiger partial charge in [0.05, 0.1) is 6.61 Å². The Hall–Kier alpha value is -2.37. The highest BCUT2D eigenvalue weighted by molar-refractivity contribution is 6.30. The monoisotopic (exact) mass is 385 g/mol. The van der Waals surface area contributed by atoms with Crippen LogP contribution in [0.2, 0.25) is 5.02 Å². The summed E-state index contributed by atoms with van der Waals surface area (Å²) in [7, 11) is 0. The van der Waals surface area contributed by atoms with Gasteiger partial charge in [-0.2, -0.15) is 0 Å². The Morgan fingerprint density at radius 2 is 2.15 bits per heavy atom. The minimum Gasteiger partial charge on any atom is -0.463 e. The van der Waals surface area contributed by atoms with Gasteiger partial charge in [0, 0.05) is 43.0 Å². The number of halogens is 1. The predicted octanol–water partition coefficient (Wildman–Crippen LogP) is 4.00. The molecule has 27 heavy (non-hydrogen) atoms. The van der Waals surface area contributed by atoms with E-state index in [1.54, 1.807) is 19.2 Å². The fourth-order valence-corrected chi connectivity index (χ4v) is 3.22. The van der Waals surface area contributed by atoms with E-state index in [0.29, 0.717) is 12.6 Å². The highest BCUT2D eigenvalue weighted by atomic mass is 35.5. The van der Waals surface area contributed by atoms with Crippen molar-refractivity contribution in [2.45, 2.75) is 25.9 Å². The van der Waals surface area contributed by atoms with Crippen LogP contribution in [0.1, 0.15) is 24.5 Å². The third-order valence-corrected chi connectivity index (χ3v) is 4.68. The van der Waals surface area contributed by atoms with Gasteiger partial charge in [0.25, 0.3) is 0 Å². The van der Waals surface area contributed by atoms with Gasteiger partial charge in [0.2, 0.25) is 0 Å². The molecule has 0 amide bonds. The number of hydrogen-bond acceptors (Lipinski definition) is 5. The maximum Gasteiger partial charge on any atom is 0.330 e. The largest absolute Gasteiger partial charge is 0.463 e. The second-order valence-electron chi connectivity index (χ2n) is 6.55. The highest BCUT2D eigenvalue weighted by Crippen LogP contribution is 2.18. The Morgan fingerprint density at radius 3 is 2.85 bits per heavy atom. The van der Waals surface area contributed by atoms with Crippen molar-refractivity contribution in [2.75, 3.05) is 25.0 Å². The summed E-state index contributed by atoms with van der Waals surface area (Å²) in [6.45, 7) is 5.13. The van der Waals surface area contributed by atoms with E-state index in [1.807, 2.05) is 24.3 Å². The van der Waals surface area contributed by atoms with Gasteiger partial charge in [0.15, 0.2) is 0 Å². The molecule has 1 saturated heterocycles. The molecular formula is C21H24ClN3O2.